The Labute approximate surface area is 95.0 Å². The largest absolute Gasteiger partial charge is 0.481 e. The Kier molecular flexibility index (Phi) is 2.78. The molecule has 90 valence electrons. The monoisotopic (exact) mass is 226 g/mol. The molecular weight excluding hydrogens is 208 g/mol. The molecule has 0 aromatic rings. The van der Waals surface area contributed by atoms with Gasteiger partial charge in [0, 0.05) is 11.8 Å². The maximum Gasteiger partial charge on any atom is 0.304 e. The summed E-state index contributed by atoms with van der Waals surface area (Å²) in [5.41, 5.74) is -0.0782. The second kappa shape index (κ2) is 3.84. The highest BCUT2D eigenvalue weighted by molar-refractivity contribution is 5.88. The van der Waals surface area contributed by atoms with Crippen LogP contribution >= 0.6 is 0 Å². The van der Waals surface area contributed by atoms with Gasteiger partial charge in [0.25, 0.3) is 0 Å². The Balaban J connectivity index is 1.85. The zero-order valence-electron chi connectivity index (χ0n) is 9.73. The van der Waals surface area contributed by atoms with Gasteiger partial charge in [-0.05, 0) is 33.1 Å². The van der Waals surface area contributed by atoms with Gasteiger partial charge in [-0.15, -0.1) is 0 Å². The van der Waals surface area contributed by atoms with Gasteiger partial charge in [-0.25, -0.2) is 0 Å². The fourth-order valence-electron chi connectivity index (χ4n) is 2.59. The number of ether oxygens (including phenoxy) is 1. The molecule has 1 aliphatic heterocycles. The lowest BCUT2D eigenvalue weighted by molar-refractivity contribution is -0.140. The number of epoxide rings is 1. The van der Waals surface area contributed by atoms with Crippen LogP contribution in [-0.2, 0) is 14.3 Å². The summed E-state index contributed by atoms with van der Waals surface area (Å²) in [5, 5.41) is 8.68. The zero-order valence-corrected chi connectivity index (χ0v) is 9.73. The molecule has 1 saturated heterocycles. The van der Waals surface area contributed by atoms with Gasteiger partial charge < -0.3 is 9.84 Å². The first-order valence-electron chi connectivity index (χ1n) is 5.83. The number of aliphatic carboxylic acids is 1. The van der Waals surface area contributed by atoms with Crippen LogP contribution in [0.4, 0.5) is 0 Å². The van der Waals surface area contributed by atoms with Gasteiger partial charge >= 0.3 is 5.97 Å². The van der Waals surface area contributed by atoms with Crippen LogP contribution in [-0.4, -0.2) is 28.6 Å². The average Bonchev–Trinajstić information content (AvgIpc) is 2.62. The first-order chi connectivity index (χ1) is 7.40. The van der Waals surface area contributed by atoms with E-state index in [0.29, 0.717) is 0 Å². The average molecular weight is 226 g/mol. The normalized spacial score (nSPS) is 36.4. The van der Waals surface area contributed by atoms with Crippen molar-refractivity contribution in [3.8, 4) is 0 Å². The van der Waals surface area contributed by atoms with E-state index in [-0.39, 0.29) is 35.7 Å². The molecule has 0 amide bonds. The number of carboxylic acid groups (broad SMARTS) is 1. The van der Waals surface area contributed by atoms with E-state index in [1.807, 2.05) is 13.8 Å². The first-order valence-corrected chi connectivity index (χ1v) is 5.83. The van der Waals surface area contributed by atoms with E-state index in [2.05, 4.69) is 0 Å². The predicted molar refractivity (Wildman–Crippen MR) is 57.0 cm³/mol. The molecule has 1 saturated carbocycles. The van der Waals surface area contributed by atoms with Gasteiger partial charge in [0.15, 0.2) is 0 Å². The number of carboxylic acids is 1. The molecule has 0 radical (unpaired) electrons. The van der Waals surface area contributed by atoms with E-state index in [4.69, 9.17) is 9.84 Å². The molecule has 1 N–H and O–H groups in total. The topological polar surface area (TPSA) is 66.9 Å². The Hall–Kier alpha value is -0.900. The molecule has 0 aromatic carbocycles. The second-order valence-corrected chi connectivity index (χ2v) is 5.42. The van der Waals surface area contributed by atoms with Crippen molar-refractivity contribution in [3.05, 3.63) is 0 Å². The summed E-state index contributed by atoms with van der Waals surface area (Å²) < 4.78 is 5.46. The third-order valence-electron chi connectivity index (χ3n) is 3.75. The number of hydrogen-bond acceptors (Lipinski definition) is 3. The van der Waals surface area contributed by atoms with Crippen LogP contribution in [0.15, 0.2) is 0 Å². The smallest absolute Gasteiger partial charge is 0.304 e. The SMILES string of the molecule is CC1(C)OC1CC1CCC(CC(=O)O)C1=O. The van der Waals surface area contributed by atoms with Gasteiger partial charge in [0.05, 0.1) is 18.1 Å². The molecule has 0 aromatic heterocycles. The molecule has 16 heavy (non-hydrogen) atoms. The Bertz CT molecular complexity index is 321. The third-order valence-corrected chi connectivity index (χ3v) is 3.75. The first kappa shape index (κ1) is 11.6. The summed E-state index contributed by atoms with van der Waals surface area (Å²) >= 11 is 0. The van der Waals surface area contributed by atoms with Crippen molar-refractivity contribution in [2.24, 2.45) is 11.8 Å². The van der Waals surface area contributed by atoms with Crippen LogP contribution in [0.3, 0.4) is 0 Å². The third kappa shape index (κ3) is 2.26. The van der Waals surface area contributed by atoms with Gasteiger partial charge in [-0.2, -0.15) is 0 Å². The Morgan fingerprint density at radius 2 is 2.00 bits per heavy atom. The summed E-state index contributed by atoms with van der Waals surface area (Å²) in [6.45, 7) is 4.04. The maximum atomic E-state index is 11.9. The van der Waals surface area contributed by atoms with Gasteiger partial charge in [-0.1, -0.05) is 0 Å². The molecule has 4 nitrogen and oxygen atoms in total. The summed E-state index contributed by atoms with van der Waals surface area (Å²) in [6.07, 6.45) is 2.49. The Morgan fingerprint density at radius 3 is 2.50 bits per heavy atom. The molecule has 3 atom stereocenters. The van der Waals surface area contributed by atoms with Crippen LogP contribution in [0.2, 0.25) is 0 Å². The van der Waals surface area contributed by atoms with E-state index >= 15 is 0 Å². The number of rotatable bonds is 4. The predicted octanol–water partition coefficient (Wildman–Crippen LogP) is 1.62. The minimum Gasteiger partial charge on any atom is -0.481 e. The van der Waals surface area contributed by atoms with Crippen molar-refractivity contribution >= 4 is 11.8 Å². The zero-order chi connectivity index (χ0) is 11.9. The minimum absolute atomic E-state index is 0.00967. The number of hydrogen-bond donors (Lipinski definition) is 1. The fraction of sp³-hybridized carbons (Fsp3) is 0.833. The molecule has 2 aliphatic rings. The lowest BCUT2D eigenvalue weighted by Gasteiger charge is -2.08. The van der Waals surface area contributed by atoms with E-state index in [0.717, 1.165) is 19.3 Å². The van der Waals surface area contributed by atoms with E-state index < -0.39 is 5.97 Å². The highest BCUT2D eigenvalue weighted by Crippen LogP contribution is 2.43. The molecular formula is C12H18O4. The number of Topliss-reactive ketones (excluding diaryl/α,β-unsaturated/α-hetero) is 1. The molecule has 1 heterocycles. The number of ketones is 1. The maximum absolute atomic E-state index is 11.9. The van der Waals surface area contributed by atoms with Crippen molar-refractivity contribution in [1.82, 2.24) is 0 Å². The number of carbonyl (C=O) groups excluding carboxylic acids is 1. The van der Waals surface area contributed by atoms with Crippen LogP contribution in [0.25, 0.3) is 0 Å². The summed E-state index contributed by atoms with van der Waals surface area (Å²) in [6, 6.07) is 0. The van der Waals surface area contributed by atoms with Crippen LogP contribution in [0, 0.1) is 11.8 Å². The molecule has 0 bridgehead atoms. The summed E-state index contributed by atoms with van der Waals surface area (Å²) in [7, 11) is 0. The van der Waals surface area contributed by atoms with Crippen LogP contribution < -0.4 is 0 Å². The molecule has 3 unspecified atom stereocenters. The summed E-state index contributed by atoms with van der Waals surface area (Å²) in [5.74, 6) is -0.976. The number of carbonyl (C=O) groups is 2. The van der Waals surface area contributed by atoms with E-state index in [9.17, 15) is 9.59 Å². The minimum atomic E-state index is -0.873. The van der Waals surface area contributed by atoms with Crippen LogP contribution in [0.5, 0.6) is 0 Å². The molecule has 2 fully saturated rings. The van der Waals surface area contributed by atoms with E-state index in [1.54, 1.807) is 0 Å². The molecule has 0 spiro atoms. The summed E-state index contributed by atoms with van der Waals surface area (Å²) in [4.78, 5) is 22.5. The highest BCUT2D eigenvalue weighted by atomic mass is 16.6. The molecule has 1 aliphatic carbocycles. The van der Waals surface area contributed by atoms with Gasteiger partial charge in [0.2, 0.25) is 0 Å². The fourth-order valence-corrected chi connectivity index (χ4v) is 2.59. The van der Waals surface area contributed by atoms with Crippen molar-refractivity contribution in [2.75, 3.05) is 0 Å². The van der Waals surface area contributed by atoms with Crippen molar-refractivity contribution < 1.29 is 19.4 Å². The van der Waals surface area contributed by atoms with Gasteiger partial charge in [-0.3, -0.25) is 9.59 Å². The Morgan fingerprint density at radius 1 is 1.44 bits per heavy atom. The van der Waals surface area contributed by atoms with Crippen molar-refractivity contribution in [3.63, 3.8) is 0 Å². The second-order valence-electron chi connectivity index (χ2n) is 5.42. The molecule has 4 heteroatoms. The lowest BCUT2D eigenvalue weighted by atomic mass is 9.93. The van der Waals surface area contributed by atoms with Crippen LogP contribution in [0.1, 0.15) is 39.5 Å². The lowest BCUT2D eigenvalue weighted by Crippen LogP contribution is -2.19. The highest BCUT2D eigenvalue weighted by Gasteiger charge is 2.50. The van der Waals surface area contributed by atoms with Gasteiger partial charge in [0.1, 0.15) is 5.78 Å². The van der Waals surface area contributed by atoms with Crippen molar-refractivity contribution in [2.45, 2.75) is 51.2 Å². The van der Waals surface area contributed by atoms with E-state index in [1.165, 1.54) is 0 Å². The molecule has 2 rings (SSSR count). The van der Waals surface area contributed by atoms with Crippen molar-refractivity contribution in [1.29, 1.82) is 0 Å². The standard InChI is InChI=1S/C12H18O4/c1-12(2)9(16-12)5-7-3-4-8(11(7)15)6-10(13)14/h7-9H,3-6H2,1-2H3,(H,13,14). The quantitative estimate of drug-likeness (QED) is 0.740.